The van der Waals surface area contributed by atoms with Gasteiger partial charge in [0.2, 0.25) is 5.91 Å². The van der Waals surface area contributed by atoms with E-state index in [2.05, 4.69) is 10.5 Å². The Labute approximate surface area is 164 Å². The molecule has 28 heavy (non-hydrogen) atoms. The Morgan fingerprint density at radius 2 is 1.82 bits per heavy atom. The fraction of sp³-hybridized carbons (Fsp3) is 0.273. The summed E-state index contributed by atoms with van der Waals surface area (Å²) in [6.45, 7) is 6.61. The molecule has 0 fully saturated rings. The maximum absolute atomic E-state index is 12.4. The van der Waals surface area contributed by atoms with Crippen LogP contribution >= 0.6 is 0 Å². The highest BCUT2D eigenvalue weighted by molar-refractivity contribution is 5.93. The van der Waals surface area contributed by atoms with Crippen LogP contribution < -0.4 is 14.8 Å². The zero-order valence-corrected chi connectivity index (χ0v) is 16.3. The van der Waals surface area contributed by atoms with Crippen molar-refractivity contribution in [3.63, 3.8) is 0 Å². The highest BCUT2D eigenvalue weighted by atomic mass is 16.5. The number of ether oxygens (including phenoxy) is 2. The van der Waals surface area contributed by atoms with Gasteiger partial charge in [0.05, 0.1) is 30.0 Å². The van der Waals surface area contributed by atoms with Gasteiger partial charge in [-0.3, -0.25) is 4.79 Å². The lowest BCUT2D eigenvalue weighted by Crippen LogP contribution is -2.15. The van der Waals surface area contributed by atoms with Gasteiger partial charge < -0.3 is 19.3 Å². The lowest BCUT2D eigenvalue weighted by atomic mass is 10.1. The molecule has 6 nitrogen and oxygen atoms in total. The molecule has 146 valence electrons. The molecule has 3 rings (SSSR count). The maximum Gasteiger partial charge on any atom is 0.228 e. The fourth-order valence-electron chi connectivity index (χ4n) is 2.80. The van der Waals surface area contributed by atoms with Gasteiger partial charge in [0.1, 0.15) is 23.9 Å². The van der Waals surface area contributed by atoms with E-state index in [1.54, 1.807) is 0 Å². The number of carbonyl (C=O) groups excluding carboxylic acids is 1. The van der Waals surface area contributed by atoms with E-state index in [1.807, 2.05) is 69.3 Å². The van der Waals surface area contributed by atoms with Crippen molar-refractivity contribution in [2.24, 2.45) is 0 Å². The zero-order chi connectivity index (χ0) is 19.9. The molecule has 3 aromatic rings. The zero-order valence-electron chi connectivity index (χ0n) is 16.3. The quantitative estimate of drug-likeness (QED) is 0.625. The lowest BCUT2D eigenvalue weighted by Gasteiger charge is -2.11. The number of anilines is 1. The third-order valence-corrected chi connectivity index (χ3v) is 4.31. The van der Waals surface area contributed by atoms with Crippen molar-refractivity contribution in [2.75, 3.05) is 11.9 Å². The predicted octanol–water partition coefficient (Wildman–Crippen LogP) is 4.45. The standard InChI is InChI=1S/C22H24N2O4/c1-4-26-21-8-6-5-7-20(21)23-22(25)13-17-9-11-18(12-10-17)27-14-19-15(2)24-28-16(19)3/h5-12H,4,13-14H2,1-3H3,(H,23,25). The van der Waals surface area contributed by atoms with E-state index in [9.17, 15) is 4.79 Å². The number of benzene rings is 2. The second-order valence-corrected chi connectivity index (χ2v) is 6.39. The normalized spacial score (nSPS) is 10.5. The van der Waals surface area contributed by atoms with E-state index in [1.165, 1.54) is 0 Å². The van der Waals surface area contributed by atoms with Crippen molar-refractivity contribution < 1.29 is 18.8 Å². The van der Waals surface area contributed by atoms with Gasteiger partial charge >= 0.3 is 0 Å². The van der Waals surface area contributed by atoms with Crippen LogP contribution in [0.15, 0.2) is 53.1 Å². The molecular formula is C22H24N2O4. The first-order chi connectivity index (χ1) is 13.6. The van der Waals surface area contributed by atoms with Crippen molar-refractivity contribution in [2.45, 2.75) is 33.8 Å². The molecule has 2 aromatic carbocycles. The van der Waals surface area contributed by atoms with Crippen LogP contribution in [0.3, 0.4) is 0 Å². The summed E-state index contributed by atoms with van der Waals surface area (Å²) in [5.41, 5.74) is 3.36. The van der Waals surface area contributed by atoms with Crippen molar-refractivity contribution in [3.05, 3.63) is 71.1 Å². The molecule has 1 heterocycles. The average Bonchev–Trinajstić information content (AvgIpc) is 3.01. The number of nitrogens with zero attached hydrogens (tertiary/aromatic N) is 1. The third kappa shape index (κ3) is 4.91. The van der Waals surface area contributed by atoms with Gasteiger partial charge in [0.15, 0.2) is 0 Å². The highest BCUT2D eigenvalue weighted by Gasteiger charge is 2.11. The molecule has 0 aliphatic carbocycles. The summed E-state index contributed by atoms with van der Waals surface area (Å²) < 4.78 is 16.5. The summed E-state index contributed by atoms with van der Waals surface area (Å²) >= 11 is 0. The third-order valence-electron chi connectivity index (χ3n) is 4.31. The predicted molar refractivity (Wildman–Crippen MR) is 107 cm³/mol. The minimum Gasteiger partial charge on any atom is -0.492 e. The number of amides is 1. The summed E-state index contributed by atoms with van der Waals surface area (Å²) in [6, 6.07) is 14.9. The topological polar surface area (TPSA) is 73.6 Å². The Morgan fingerprint density at radius 1 is 1.07 bits per heavy atom. The van der Waals surface area contributed by atoms with E-state index >= 15 is 0 Å². The molecule has 0 radical (unpaired) electrons. The molecule has 0 spiro atoms. The van der Waals surface area contributed by atoms with Gasteiger partial charge in [-0.1, -0.05) is 29.4 Å². The number of para-hydroxylation sites is 2. The fourth-order valence-corrected chi connectivity index (χ4v) is 2.80. The molecule has 0 aliphatic rings. The second kappa shape index (κ2) is 9.08. The number of hydrogen-bond acceptors (Lipinski definition) is 5. The monoisotopic (exact) mass is 380 g/mol. The first kappa shape index (κ1) is 19.5. The molecule has 0 unspecified atom stereocenters. The molecule has 0 aliphatic heterocycles. The Morgan fingerprint density at radius 3 is 2.50 bits per heavy atom. The van der Waals surface area contributed by atoms with Crippen LogP contribution in [0.2, 0.25) is 0 Å². The van der Waals surface area contributed by atoms with Crippen LogP contribution in [0.4, 0.5) is 5.69 Å². The summed E-state index contributed by atoms with van der Waals surface area (Å²) in [6.07, 6.45) is 0.268. The van der Waals surface area contributed by atoms with E-state index in [0.29, 0.717) is 24.7 Å². The van der Waals surface area contributed by atoms with Gasteiger partial charge in [0.25, 0.3) is 0 Å². The number of aromatic nitrogens is 1. The molecule has 0 saturated heterocycles. The van der Waals surface area contributed by atoms with Crippen LogP contribution in [0.25, 0.3) is 0 Å². The maximum atomic E-state index is 12.4. The van der Waals surface area contributed by atoms with Crippen molar-refractivity contribution >= 4 is 11.6 Å². The molecule has 1 amide bonds. The van der Waals surface area contributed by atoms with Crippen LogP contribution in [-0.2, 0) is 17.8 Å². The van der Waals surface area contributed by atoms with E-state index < -0.39 is 0 Å². The van der Waals surface area contributed by atoms with Crippen LogP contribution in [0.1, 0.15) is 29.5 Å². The Hall–Kier alpha value is -3.28. The van der Waals surface area contributed by atoms with Crippen molar-refractivity contribution in [3.8, 4) is 11.5 Å². The minimum atomic E-state index is -0.100. The van der Waals surface area contributed by atoms with Crippen molar-refractivity contribution in [1.82, 2.24) is 5.16 Å². The lowest BCUT2D eigenvalue weighted by molar-refractivity contribution is -0.115. The van der Waals surface area contributed by atoms with E-state index in [-0.39, 0.29) is 12.3 Å². The molecule has 0 atom stereocenters. The Kier molecular flexibility index (Phi) is 6.32. The second-order valence-electron chi connectivity index (χ2n) is 6.39. The minimum absolute atomic E-state index is 0.100. The van der Waals surface area contributed by atoms with E-state index in [4.69, 9.17) is 14.0 Å². The van der Waals surface area contributed by atoms with Gasteiger partial charge in [-0.15, -0.1) is 0 Å². The number of hydrogen-bond donors (Lipinski definition) is 1. The first-order valence-corrected chi connectivity index (χ1v) is 9.22. The molecule has 1 N–H and O–H groups in total. The molecule has 0 bridgehead atoms. The molecular weight excluding hydrogens is 356 g/mol. The summed E-state index contributed by atoms with van der Waals surface area (Å²) in [5, 5.41) is 6.82. The average molecular weight is 380 g/mol. The largest absolute Gasteiger partial charge is 0.492 e. The Bertz CT molecular complexity index is 912. The van der Waals surface area contributed by atoms with Crippen LogP contribution in [0, 0.1) is 13.8 Å². The van der Waals surface area contributed by atoms with Crippen molar-refractivity contribution in [1.29, 1.82) is 0 Å². The van der Waals surface area contributed by atoms with Gasteiger partial charge in [0, 0.05) is 0 Å². The highest BCUT2D eigenvalue weighted by Crippen LogP contribution is 2.24. The van der Waals surface area contributed by atoms with Gasteiger partial charge in [-0.25, -0.2) is 0 Å². The molecule has 1 aromatic heterocycles. The number of nitrogens with one attached hydrogen (secondary N) is 1. The molecule has 0 saturated carbocycles. The first-order valence-electron chi connectivity index (χ1n) is 9.22. The number of rotatable bonds is 8. The SMILES string of the molecule is CCOc1ccccc1NC(=O)Cc1ccc(OCc2c(C)noc2C)cc1. The van der Waals surface area contributed by atoms with Gasteiger partial charge in [-0.2, -0.15) is 0 Å². The van der Waals surface area contributed by atoms with Crippen LogP contribution in [0.5, 0.6) is 11.5 Å². The summed E-state index contributed by atoms with van der Waals surface area (Å²) in [7, 11) is 0. The van der Waals surface area contributed by atoms with E-state index in [0.717, 1.165) is 28.3 Å². The number of carbonyl (C=O) groups is 1. The molecule has 6 heteroatoms. The van der Waals surface area contributed by atoms with Crippen LogP contribution in [-0.4, -0.2) is 17.7 Å². The Balaban J connectivity index is 1.56. The summed E-state index contributed by atoms with van der Waals surface area (Å²) in [4.78, 5) is 12.4. The smallest absolute Gasteiger partial charge is 0.228 e. The number of aryl methyl sites for hydroxylation is 2. The summed E-state index contributed by atoms with van der Waals surface area (Å²) in [5.74, 6) is 2.06. The van der Waals surface area contributed by atoms with Gasteiger partial charge in [-0.05, 0) is 50.6 Å².